The molecular formula is C11H19NO4. The number of carboxylic acid groups (broad SMARTS) is 1. The first kappa shape index (κ1) is 12.8. The fourth-order valence-corrected chi connectivity index (χ4v) is 2.14. The molecule has 0 saturated carbocycles. The summed E-state index contributed by atoms with van der Waals surface area (Å²) in [5, 5.41) is 8.92. The van der Waals surface area contributed by atoms with E-state index in [2.05, 4.69) is 4.74 Å². The molecule has 0 spiro atoms. The van der Waals surface area contributed by atoms with Crippen molar-refractivity contribution in [2.75, 3.05) is 13.7 Å². The van der Waals surface area contributed by atoms with E-state index in [0.717, 1.165) is 32.1 Å². The molecule has 0 bridgehead atoms. The molecular weight excluding hydrogens is 210 g/mol. The number of amides is 1. The first-order chi connectivity index (χ1) is 7.65. The number of ether oxygens (including phenoxy) is 1. The minimum Gasteiger partial charge on any atom is -0.469 e. The summed E-state index contributed by atoms with van der Waals surface area (Å²) in [6.07, 6.45) is 4.01. The Morgan fingerprint density at radius 1 is 1.44 bits per heavy atom. The van der Waals surface area contributed by atoms with Crippen molar-refractivity contribution in [3.63, 3.8) is 0 Å². The minimum atomic E-state index is -0.824. The van der Waals surface area contributed by atoms with Crippen molar-refractivity contribution in [2.45, 2.75) is 44.6 Å². The summed E-state index contributed by atoms with van der Waals surface area (Å²) in [6, 6.07) is 0.148. The van der Waals surface area contributed by atoms with Gasteiger partial charge in [-0.2, -0.15) is 0 Å². The standard InChI is InChI=1S/C11H19NO4/c1-16-10(13)7-3-2-5-9-6-4-8-12(9)11(14)15/h9H,2-8H2,1H3,(H,14,15). The lowest BCUT2D eigenvalue weighted by molar-refractivity contribution is -0.140. The van der Waals surface area contributed by atoms with Crippen LogP contribution in [0.4, 0.5) is 4.79 Å². The fourth-order valence-electron chi connectivity index (χ4n) is 2.14. The van der Waals surface area contributed by atoms with Crippen LogP contribution >= 0.6 is 0 Å². The molecule has 5 nitrogen and oxygen atoms in total. The van der Waals surface area contributed by atoms with E-state index in [9.17, 15) is 9.59 Å². The van der Waals surface area contributed by atoms with E-state index >= 15 is 0 Å². The molecule has 0 aliphatic carbocycles. The van der Waals surface area contributed by atoms with E-state index in [0.29, 0.717) is 13.0 Å². The molecule has 1 aliphatic heterocycles. The number of esters is 1. The molecule has 1 saturated heterocycles. The molecule has 1 unspecified atom stereocenters. The Bertz CT molecular complexity index is 254. The van der Waals surface area contributed by atoms with Gasteiger partial charge in [-0.1, -0.05) is 6.42 Å². The molecule has 5 heteroatoms. The van der Waals surface area contributed by atoms with E-state index < -0.39 is 6.09 Å². The molecule has 16 heavy (non-hydrogen) atoms. The van der Waals surface area contributed by atoms with Crippen molar-refractivity contribution in [3.8, 4) is 0 Å². The number of nitrogens with zero attached hydrogens (tertiary/aromatic N) is 1. The third-order valence-corrected chi connectivity index (χ3v) is 3.02. The molecule has 0 aromatic rings. The van der Waals surface area contributed by atoms with Crippen molar-refractivity contribution < 1.29 is 19.4 Å². The lowest BCUT2D eigenvalue weighted by Gasteiger charge is -2.21. The first-order valence-corrected chi connectivity index (χ1v) is 5.71. The van der Waals surface area contributed by atoms with Gasteiger partial charge in [0.15, 0.2) is 0 Å². The summed E-state index contributed by atoms with van der Waals surface area (Å²) in [4.78, 5) is 23.2. The first-order valence-electron chi connectivity index (χ1n) is 5.71. The van der Waals surface area contributed by atoms with E-state index in [1.807, 2.05) is 0 Å². The molecule has 1 fully saturated rings. The van der Waals surface area contributed by atoms with Gasteiger partial charge in [-0.15, -0.1) is 0 Å². The third-order valence-electron chi connectivity index (χ3n) is 3.02. The highest BCUT2D eigenvalue weighted by molar-refractivity contribution is 5.69. The van der Waals surface area contributed by atoms with Crippen LogP contribution in [0.25, 0.3) is 0 Å². The van der Waals surface area contributed by atoms with Gasteiger partial charge in [-0.05, 0) is 25.7 Å². The molecule has 0 aromatic carbocycles. The maximum atomic E-state index is 10.9. The second-order valence-electron chi connectivity index (χ2n) is 4.09. The highest BCUT2D eigenvalue weighted by Crippen LogP contribution is 2.22. The van der Waals surface area contributed by atoms with Crippen LogP contribution in [0.2, 0.25) is 0 Å². The van der Waals surface area contributed by atoms with Crippen LogP contribution in [0.1, 0.15) is 38.5 Å². The summed E-state index contributed by atoms with van der Waals surface area (Å²) in [5.74, 6) is -0.193. The highest BCUT2D eigenvalue weighted by Gasteiger charge is 2.27. The van der Waals surface area contributed by atoms with E-state index in [4.69, 9.17) is 5.11 Å². The van der Waals surface area contributed by atoms with Crippen molar-refractivity contribution in [1.29, 1.82) is 0 Å². The van der Waals surface area contributed by atoms with Gasteiger partial charge in [0.05, 0.1) is 7.11 Å². The number of carbonyl (C=O) groups is 2. The van der Waals surface area contributed by atoms with Crippen LogP contribution in [-0.4, -0.2) is 41.8 Å². The zero-order valence-corrected chi connectivity index (χ0v) is 9.65. The molecule has 1 aliphatic rings. The molecule has 1 amide bonds. The maximum Gasteiger partial charge on any atom is 0.407 e. The average Bonchev–Trinajstić information content (AvgIpc) is 2.72. The Labute approximate surface area is 95.4 Å². The molecule has 0 aromatic heterocycles. The molecule has 1 atom stereocenters. The Balaban J connectivity index is 2.17. The van der Waals surface area contributed by atoms with Crippen molar-refractivity contribution >= 4 is 12.1 Å². The SMILES string of the molecule is COC(=O)CCCCC1CCCN1C(=O)O. The lowest BCUT2D eigenvalue weighted by atomic mass is 10.1. The number of likely N-dealkylation sites (tertiary alicyclic amines) is 1. The van der Waals surface area contributed by atoms with Crippen LogP contribution in [0.5, 0.6) is 0 Å². The number of methoxy groups -OCH3 is 1. The monoisotopic (exact) mass is 229 g/mol. The van der Waals surface area contributed by atoms with Crippen LogP contribution in [-0.2, 0) is 9.53 Å². The number of hydrogen-bond acceptors (Lipinski definition) is 3. The second-order valence-corrected chi connectivity index (χ2v) is 4.09. The van der Waals surface area contributed by atoms with Gasteiger partial charge in [-0.3, -0.25) is 4.79 Å². The van der Waals surface area contributed by atoms with Gasteiger partial charge in [0.1, 0.15) is 0 Å². The fraction of sp³-hybridized carbons (Fsp3) is 0.818. The van der Waals surface area contributed by atoms with Crippen LogP contribution < -0.4 is 0 Å². The van der Waals surface area contributed by atoms with Crippen molar-refractivity contribution in [1.82, 2.24) is 4.90 Å². The average molecular weight is 229 g/mol. The van der Waals surface area contributed by atoms with Gasteiger partial charge in [0.2, 0.25) is 0 Å². The number of rotatable bonds is 5. The molecule has 1 N–H and O–H groups in total. The topological polar surface area (TPSA) is 66.8 Å². The zero-order valence-electron chi connectivity index (χ0n) is 9.65. The Morgan fingerprint density at radius 2 is 2.19 bits per heavy atom. The summed E-state index contributed by atoms with van der Waals surface area (Å²) in [5.41, 5.74) is 0. The van der Waals surface area contributed by atoms with E-state index in [-0.39, 0.29) is 12.0 Å². The Morgan fingerprint density at radius 3 is 2.81 bits per heavy atom. The largest absolute Gasteiger partial charge is 0.469 e. The number of hydrogen-bond donors (Lipinski definition) is 1. The second kappa shape index (κ2) is 6.35. The summed E-state index contributed by atoms with van der Waals surface area (Å²) < 4.78 is 4.54. The quantitative estimate of drug-likeness (QED) is 0.577. The van der Waals surface area contributed by atoms with Crippen molar-refractivity contribution in [3.05, 3.63) is 0 Å². The van der Waals surface area contributed by atoms with E-state index in [1.165, 1.54) is 12.0 Å². The number of carbonyl (C=O) groups excluding carboxylic acids is 1. The van der Waals surface area contributed by atoms with Gasteiger partial charge in [0.25, 0.3) is 0 Å². The summed E-state index contributed by atoms with van der Waals surface area (Å²) in [7, 11) is 1.38. The van der Waals surface area contributed by atoms with Crippen molar-refractivity contribution in [2.24, 2.45) is 0 Å². The van der Waals surface area contributed by atoms with Gasteiger partial charge in [-0.25, -0.2) is 4.79 Å². The van der Waals surface area contributed by atoms with Crippen LogP contribution in [0.15, 0.2) is 0 Å². The minimum absolute atomic E-state index is 0.148. The molecule has 1 rings (SSSR count). The van der Waals surface area contributed by atoms with E-state index in [1.54, 1.807) is 0 Å². The van der Waals surface area contributed by atoms with Crippen LogP contribution in [0.3, 0.4) is 0 Å². The Kier molecular flexibility index (Phi) is 5.08. The zero-order chi connectivity index (χ0) is 12.0. The molecule has 92 valence electrons. The van der Waals surface area contributed by atoms with Gasteiger partial charge < -0.3 is 14.7 Å². The molecule has 1 heterocycles. The normalized spacial score (nSPS) is 19.8. The Hall–Kier alpha value is -1.26. The lowest BCUT2D eigenvalue weighted by Crippen LogP contribution is -2.34. The van der Waals surface area contributed by atoms with Crippen LogP contribution in [0, 0.1) is 0 Å². The third kappa shape index (κ3) is 3.72. The highest BCUT2D eigenvalue weighted by atomic mass is 16.5. The van der Waals surface area contributed by atoms with Gasteiger partial charge >= 0.3 is 12.1 Å². The summed E-state index contributed by atoms with van der Waals surface area (Å²) in [6.45, 7) is 0.650. The predicted molar refractivity (Wildman–Crippen MR) is 58.2 cm³/mol. The predicted octanol–water partition coefficient (Wildman–Crippen LogP) is 1.86. The van der Waals surface area contributed by atoms with Gasteiger partial charge in [0, 0.05) is 19.0 Å². The summed E-state index contributed by atoms with van der Waals surface area (Å²) >= 11 is 0. The molecule has 0 radical (unpaired) electrons. The number of unbranched alkanes of at least 4 members (excludes halogenated alkanes) is 1. The smallest absolute Gasteiger partial charge is 0.407 e. The maximum absolute atomic E-state index is 10.9.